The SMILES string of the molecule is CCc1ccc(C(CNC(=NC)NCC2CC2)N(C)C)cc1.I. The predicted octanol–water partition coefficient (Wildman–Crippen LogP) is 3.04. The van der Waals surface area contributed by atoms with Gasteiger partial charge in [0, 0.05) is 20.1 Å². The first-order valence-corrected chi connectivity index (χ1v) is 8.33. The first-order chi connectivity index (χ1) is 10.6. The summed E-state index contributed by atoms with van der Waals surface area (Å²) >= 11 is 0. The molecule has 0 aromatic heterocycles. The molecule has 2 N–H and O–H groups in total. The van der Waals surface area contributed by atoms with E-state index in [0.29, 0.717) is 6.04 Å². The van der Waals surface area contributed by atoms with Gasteiger partial charge in [0.2, 0.25) is 0 Å². The minimum absolute atomic E-state index is 0. The highest BCUT2D eigenvalue weighted by molar-refractivity contribution is 14.0. The Hall–Kier alpha value is -0.820. The van der Waals surface area contributed by atoms with Crippen molar-refractivity contribution >= 4 is 29.9 Å². The van der Waals surface area contributed by atoms with Gasteiger partial charge in [0.1, 0.15) is 0 Å². The average molecular weight is 430 g/mol. The largest absolute Gasteiger partial charge is 0.356 e. The van der Waals surface area contributed by atoms with Crippen molar-refractivity contribution in [3.05, 3.63) is 35.4 Å². The Labute approximate surface area is 158 Å². The molecule has 0 spiro atoms. The van der Waals surface area contributed by atoms with E-state index in [0.717, 1.165) is 31.4 Å². The third-order valence-electron chi connectivity index (χ3n) is 4.34. The van der Waals surface area contributed by atoms with Gasteiger partial charge >= 0.3 is 0 Å². The predicted molar refractivity (Wildman–Crippen MR) is 110 cm³/mol. The second-order valence-corrected chi connectivity index (χ2v) is 6.35. The fraction of sp³-hybridized carbons (Fsp3) is 0.611. The molecule has 0 heterocycles. The minimum Gasteiger partial charge on any atom is -0.356 e. The molecule has 1 aromatic rings. The molecule has 0 aliphatic heterocycles. The van der Waals surface area contributed by atoms with Crippen molar-refractivity contribution < 1.29 is 0 Å². The lowest BCUT2D eigenvalue weighted by Crippen LogP contribution is -2.42. The van der Waals surface area contributed by atoms with Crippen molar-refractivity contribution in [1.29, 1.82) is 0 Å². The lowest BCUT2D eigenvalue weighted by Gasteiger charge is -2.26. The Morgan fingerprint density at radius 1 is 1.22 bits per heavy atom. The summed E-state index contributed by atoms with van der Waals surface area (Å²) in [6, 6.07) is 9.28. The average Bonchev–Trinajstić information content (AvgIpc) is 3.35. The number of guanidine groups is 1. The quantitative estimate of drug-likeness (QED) is 0.397. The third-order valence-corrected chi connectivity index (χ3v) is 4.34. The molecule has 1 unspecified atom stereocenters. The highest BCUT2D eigenvalue weighted by atomic mass is 127. The fourth-order valence-corrected chi connectivity index (χ4v) is 2.55. The number of nitrogens with one attached hydrogen (secondary N) is 2. The molecule has 1 saturated carbocycles. The summed E-state index contributed by atoms with van der Waals surface area (Å²) in [5, 5.41) is 6.87. The molecule has 23 heavy (non-hydrogen) atoms. The molecule has 4 nitrogen and oxygen atoms in total. The molecule has 1 aromatic carbocycles. The summed E-state index contributed by atoms with van der Waals surface area (Å²) < 4.78 is 0. The topological polar surface area (TPSA) is 39.7 Å². The standard InChI is InChI=1S/C18H30N4.HI/c1-5-14-8-10-16(11-9-14)17(22(3)4)13-21-18(19-2)20-12-15-6-7-15;/h8-11,15,17H,5-7,12-13H2,1-4H3,(H2,19,20,21);1H. The minimum atomic E-state index is 0. The number of rotatable bonds is 7. The van der Waals surface area contributed by atoms with E-state index in [1.54, 1.807) is 0 Å². The zero-order valence-electron chi connectivity index (χ0n) is 14.8. The second-order valence-electron chi connectivity index (χ2n) is 6.35. The van der Waals surface area contributed by atoms with Gasteiger partial charge in [0.15, 0.2) is 5.96 Å². The van der Waals surface area contributed by atoms with Crippen LogP contribution < -0.4 is 10.6 Å². The van der Waals surface area contributed by atoms with Gasteiger partial charge in [0.05, 0.1) is 6.04 Å². The van der Waals surface area contributed by atoms with Gasteiger partial charge in [0.25, 0.3) is 0 Å². The normalized spacial score (nSPS) is 16.0. The van der Waals surface area contributed by atoms with Gasteiger partial charge in [-0.2, -0.15) is 0 Å². The van der Waals surface area contributed by atoms with E-state index in [-0.39, 0.29) is 24.0 Å². The molecule has 0 bridgehead atoms. The van der Waals surface area contributed by atoms with E-state index in [1.807, 2.05) is 7.05 Å². The number of hydrogen-bond acceptors (Lipinski definition) is 2. The Bertz CT molecular complexity index is 480. The van der Waals surface area contributed by atoms with Crippen LogP contribution in [-0.4, -0.2) is 45.1 Å². The molecular weight excluding hydrogens is 399 g/mol. The third kappa shape index (κ3) is 6.67. The Morgan fingerprint density at radius 3 is 2.35 bits per heavy atom. The van der Waals surface area contributed by atoms with E-state index in [4.69, 9.17) is 0 Å². The first-order valence-electron chi connectivity index (χ1n) is 8.33. The number of aliphatic imine (C=N–C) groups is 1. The van der Waals surface area contributed by atoms with Gasteiger partial charge < -0.3 is 15.5 Å². The van der Waals surface area contributed by atoms with Crippen molar-refractivity contribution in [3.63, 3.8) is 0 Å². The van der Waals surface area contributed by atoms with Crippen molar-refractivity contribution in [2.45, 2.75) is 32.2 Å². The van der Waals surface area contributed by atoms with Crippen LogP contribution in [0.4, 0.5) is 0 Å². The molecule has 0 saturated heterocycles. The zero-order chi connectivity index (χ0) is 15.9. The van der Waals surface area contributed by atoms with Gasteiger partial charge in [-0.05, 0) is 50.4 Å². The van der Waals surface area contributed by atoms with E-state index in [2.05, 4.69) is 65.8 Å². The van der Waals surface area contributed by atoms with Crippen molar-refractivity contribution in [1.82, 2.24) is 15.5 Å². The van der Waals surface area contributed by atoms with Gasteiger partial charge in [-0.1, -0.05) is 31.2 Å². The summed E-state index contributed by atoms with van der Waals surface area (Å²) in [5.41, 5.74) is 2.73. The van der Waals surface area contributed by atoms with Gasteiger partial charge in [-0.3, -0.25) is 4.99 Å². The van der Waals surface area contributed by atoms with E-state index < -0.39 is 0 Å². The molecule has 1 atom stereocenters. The smallest absolute Gasteiger partial charge is 0.191 e. The van der Waals surface area contributed by atoms with Gasteiger partial charge in [-0.15, -0.1) is 24.0 Å². The van der Waals surface area contributed by atoms with Crippen LogP contribution in [0.1, 0.15) is 36.9 Å². The highest BCUT2D eigenvalue weighted by Gasteiger charge is 2.21. The molecule has 0 amide bonds. The summed E-state index contributed by atoms with van der Waals surface area (Å²) in [7, 11) is 6.09. The monoisotopic (exact) mass is 430 g/mol. The molecule has 1 fully saturated rings. The maximum Gasteiger partial charge on any atom is 0.191 e. The lowest BCUT2D eigenvalue weighted by atomic mass is 10.0. The number of hydrogen-bond donors (Lipinski definition) is 2. The van der Waals surface area contributed by atoms with E-state index in [9.17, 15) is 0 Å². The van der Waals surface area contributed by atoms with E-state index >= 15 is 0 Å². The van der Waals surface area contributed by atoms with Crippen LogP contribution in [0, 0.1) is 5.92 Å². The number of halogens is 1. The molecular formula is C18H31IN4. The molecule has 1 aliphatic carbocycles. The summed E-state index contributed by atoms with van der Waals surface area (Å²) in [5.74, 6) is 1.76. The fourth-order valence-electron chi connectivity index (χ4n) is 2.55. The number of benzene rings is 1. The molecule has 0 radical (unpaired) electrons. The Kier molecular flexibility index (Phi) is 8.91. The van der Waals surface area contributed by atoms with Crippen LogP contribution in [-0.2, 0) is 6.42 Å². The van der Waals surface area contributed by atoms with Crippen LogP contribution in [0.5, 0.6) is 0 Å². The van der Waals surface area contributed by atoms with Crippen LogP contribution in [0.2, 0.25) is 0 Å². The number of likely N-dealkylation sites (N-methyl/N-ethyl adjacent to an activating group) is 1. The molecule has 1 aliphatic rings. The van der Waals surface area contributed by atoms with Crippen molar-refractivity contribution in [2.75, 3.05) is 34.2 Å². The zero-order valence-corrected chi connectivity index (χ0v) is 17.1. The lowest BCUT2D eigenvalue weighted by molar-refractivity contribution is 0.298. The maximum atomic E-state index is 4.32. The van der Waals surface area contributed by atoms with Crippen LogP contribution in [0.3, 0.4) is 0 Å². The summed E-state index contributed by atoms with van der Waals surface area (Å²) in [4.78, 5) is 6.57. The van der Waals surface area contributed by atoms with Crippen molar-refractivity contribution in [3.8, 4) is 0 Å². The first kappa shape index (κ1) is 20.2. The molecule has 130 valence electrons. The second kappa shape index (κ2) is 10.1. The van der Waals surface area contributed by atoms with Crippen LogP contribution in [0.15, 0.2) is 29.3 Å². The molecule has 2 rings (SSSR count). The number of nitrogens with zero attached hydrogens (tertiary/aromatic N) is 2. The molecule has 5 heteroatoms. The number of aryl methyl sites for hydroxylation is 1. The Balaban J connectivity index is 0.00000264. The summed E-state index contributed by atoms with van der Waals surface area (Å²) in [6.07, 6.45) is 3.80. The highest BCUT2D eigenvalue weighted by Crippen LogP contribution is 2.27. The van der Waals surface area contributed by atoms with Crippen LogP contribution in [0.25, 0.3) is 0 Å². The maximum absolute atomic E-state index is 4.32. The van der Waals surface area contributed by atoms with Crippen molar-refractivity contribution in [2.24, 2.45) is 10.9 Å². The van der Waals surface area contributed by atoms with E-state index in [1.165, 1.54) is 24.0 Å². The Morgan fingerprint density at radius 2 is 1.87 bits per heavy atom. The van der Waals surface area contributed by atoms with Gasteiger partial charge in [-0.25, -0.2) is 0 Å². The van der Waals surface area contributed by atoms with Crippen LogP contribution >= 0.6 is 24.0 Å². The summed E-state index contributed by atoms with van der Waals surface area (Å²) in [6.45, 7) is 4.08.